The van der Waals surface area contributed by atoms with Crippen LogP contribution in [0.3, 0.4) is 0 Å². The van der Waals surface area contributed by atoms with Crippen molar-refractivity contribution in [2.24, 2.45) is 5.92 Å². The van der Waals surface area contributed by atoms with E-state index in [2.05, 4.69) is 36.1 Å². The van der Waals surface area contributed by atoms with Crippen LogP contribution < -0.4 is 5.32 Å². The van der Waals surface area contributed by atoms with Gasteiger partial charge in [0, 0.05) is 41.9 Å². The van der Waals surface area contributed by atoms with E-state index in [1.54, 1.807) is 41.3 Å². The number of fused-ring (bicyclic) bond motifs is 1. The number of sulfone groups is 1. The fraction of sp³-hybridized carbons (Fsp3) is 0.484. The number of hydrogen-bond donors (Lipinski definition) is 1. The molecule has 2 aromatic carbocycles. The third-order valence-corrected chi connectivity index (χ3v) is 10.7. The van der Waals surface area contributed by atoms with Gasteiger partial charge in [-0.2, -0.15) is 13.2 Å². The average Bonchev–Trinajstić information content (AvgIpc) is 3.31. The predicted molar refractivity (Wildman–Crippen MR) is 157 cm³/mol. The lowest BCUT2D eigenvalue weighted by molar-refractivity contribution is -0.137. The molecular formula is C31H37F3N4O3S. The van der Waals surface area contributed by atoms with E-state index < -0.39 is 27.6 Å². The summed E-state index contributed by atoms with van der Waals surface area (Å²) in [7, 11) is -1.52. The summed E-state index contributed by atoms with van der Waals surface area (Å²) in [4.78, 5) is 22.3. The van der Waals surface area contributed by atoms with E-state index in [1.807, 2.05) is 0 Å². The molecule has 0 unspecified atom stereocenters. The Balaban J connectivity index is 1.38. The SMILES string of the molecule is CC(C)N(C)[C@@H]1CC[C@H](N2CC[C@H](Nc3ccnc4ccc(C(F)(F)F)cc34)C2=O)[C@@H](CS(=O)(=O)c2ccccc2)C1. The van der Waals surface area contributed by atoms with Gasteiger partial charge in [0.1, 0.15) is 6.04 Å². The summed E-state index contributed by atoms with van der Waals surface area (Å²) in [5.41, 5.74) is 0.0295. The lowest BCUT2D eigenvalue weighted by Gasteiger charge is -2.44. The quantitative estimate of drug-likeness (QED) is 0.361. The Bertz CT molecular complexity index is 1530. The first kappa shape index (κ1) is 30.3. The highest BCUT2D eigenvalue weighted by Crippen LogP contribution is 2.37. The van der Waals surface area contributed by atoms with Crippen LogP contribution in [0.2, 0.25) is 0 Å². The minimum atomic E-state index is -4.50. The van der Waals surface area contributed by atoms with E-state index in [9.17, 15) is 26.4 Å². The van der Waals surface area contributed by atoms with Gasteiger partial charge in [0.2, 0.25) is 5.91 Å². The number of hydrogen-bond acceptors (Lipinski definition) is 6. The molecule has 1 aliphatic carbocycles. The number of aromatic nitrogens is 1. The van der Waals surface area contributed by atoms with Gasteiger partial charge in [-0.05, 0) is 88.9 Å². The molecule has 226 valence electrons. The lowest BCUT2D eigenvalue weighted by atomic mass is 9.81. The molecule has 42 heavy (non-hydrogen) atoms. The zero-order valence-corrected chi connectivity index (χ0v) is 24.8. The van der Waals surface area contributed by atoms with Gasteiger partial charge in [-0.25, -0.2) is 8.42 Å². The maximum Gasteiger partial charge on any atom is 0.416 e. The van der Waals surface area contributed by atoms with E-state index in [-0.39, 0.29) is 34.6 Å². The van der Waals surface area contributed by atoms with Crippen molar-refractivity contribution in [3.8, 4) is 0 Å². The van der Waals surface area contributed by atoms with Gasteiger partial charge in [-0.1, -0.05) is 18.2 Å². The Hall–Kier alpha value is -3.18. The van der Waals surface area contributed by atoms with Crippen LogP contribution in [-0.4, -0.2) is 72.6 Å². The van der Waals surface area contributed by atoms with Crippen molar-refractivity contribution >= 4 is 32.3 Å². The standard InChI is InChI=1S/C31H37F3N4O3S/c1-20(2)37(3)23-10-12-29(21(17-23)19-42(40,41)24-7-5-4-6-8-24)38-16-14-28(30(38)39)36-27-13-15-35-26-11-9-22(18-25(26)27)31(32,33)34/h4-9,11,13,15,18,20-21,23,28-29H,10,12,14,16-17,19H2,1-3H3,(H,35,36)/t21-,23-,28+,29+/m1/s1. The molecule has 7 nitrogen and oxygen atoms in total. The van der Waals surface area contributed by atoms with Crippen molar-refractivity contribution in [1.82, 2.24) is 14.8 Å². The van der Waals surface area contributed by atoms with E-state index in [4.69, 9.17) is 0 Å². The number of amides is 1. The molecule has 11 heteroatoms. The summed E-state index contributed by atoms with van der Waals surface area (Å²) < 4.78 is 67.2. The van der Waals surface area contributed by atoms with E-state index in [0.29, 0.717) is 48.4 Å². The van der Waals surface area contributed by atoms with Crippen LogP contribution in [0.15, 0.2) is 65.7 Å². The van der Waals surface area contributed by atoms with Gasteiger partial charge in [-0.15, -0.1) is 0 Å². The van der Waals surface area contributed by atoms with Crippen molar-refractivity contribution < 1.29 is 26.4 Å². The first-order valence-electron chi connectivity index (χ1n) is 14.4. The molecule has 5 rings (SSSR count). The zero-order chi connectivity index (χ0) is 30.2. The Morgan fingerprint density at radius 3 is 2.50 bits per heavy atom. The van der Waals surface area contributed by atoms with Gasteiger partial charge >= 0.3 is 6.18 Å². The Labute approximate surface area is 245 Å². The highest BCUT2D eigenvalue weighted by Gasteiger charge is 2.44. The smallest absolute Gasteiger partial charge is 0.373 e. The van der Waals surface area contributed by atoms with Crippen LogP contribution >= 0.6 is 0 Å². The molecule has 1 aliphatic heterocycles. The van der Waals surface area contributed by atoms with Crippen molar-refractivity contribution in [3.05, 3.63) is 66.4 Å². The third-order valence-electron chi connectivity index (χ3n) is 8.88. The van der Waals surface area contributed by atoms with Crippen LogP contribution in [0, 0.1) is 5.92 Å². The molecule has 1 amide bonds. The number of benzene rings is 2. The number of nitrogens with one attached hydrogen (secondary N) is 1. The Kier molecular flexibility index (Phi) is 8.53. The third kappa shape index (κ3) is 6.27. The molecule has 2 aliphatic rings. The van der Waals surface area contributed by atoms with Crippen molar-refractivity contribution in [2.45, 2.75) is 74.8 Å². The summed E-state index contributed by atoms with van der Waals surface area (Å²) in [6, 6.07) is 13.0. The fourth-order valence-electron chi connectivity index (χ4n) is 6.41. The van der Waals surface area contributed by atoms with Crippen LogP contribution in [0.25, 0.3) is 10.9 Å². The number of halogens is 3. The summed E-state index contributed by atoms with van der Waals surface area (Å²) in [5, 5.41) is 3.48. The summed E-state index contributed by atoms with van der Waals surface area (Å²) in [5.74, 6) is -0.468. The fourth-order valence-corrected chi connectivity index (χ4v) is 8.10. The van der Waals surface area contributed by atoms with Crippen LogP contribution in [-0.2, 0) is 20.8 Å². The first-order chi connectivity index (χ1) is 19.8. The molecule has 1 N–H and O–H groups in total. The molecule has 2 heterocycles. The Morgan fingerprint density at radius 2 is 1.81 bits per heavy atom. The largest absolute Gasteiger partial charge is 0.416 e. The van der Waals surface area contributed by atoms with Gasteiger partial charge in [-0.3, -0.25) is 9.78 Å². The molecule has 3 aromatic rings. The highest BCUT2D eigenvalue weighted by atomic mass is 32.2. The first-order valence-corrected chi connectivity index (χ1v) is 16.0. The number of likely N-dealkylation sites (tertiary alicyclic amines) is 1. The Morgan fingerprint density at radius 1 is 1.07 bits per heavy atom. The molecular weight excluding hydrogens is 565 g/mol. The molecule has 4 atom stereocenters. The van der Waals surface area contributed by atoms with Gasteiger partial charge in [0.25, 0.3) is 0 Å². The number of carbonyl (C=O) groups excluding carboxylic acids is 1. The monoisotopic (exact) mass is 602 g/mol. The second-order valence-electron chi connectivity index (χ2n) is 11.8. The van der Waals surface area contributed by atoms with E-state index in [0.717, 1.165) is 18.6 Å². The molecule has 0 spiro atoms. The second-order valence-corrected chi connectivity index (χ2v) is 13.8. The predicted octanol–water partition coefficient (Wildman–Crippen LogP) is 5.62. The van der Waals surface area contributed by atoms with Crippen LogP contribution in [0.1, 0.15) is 45.1 Å². The maximum atomic E-state index is 13.8. The van der Waals surface area contributed by atoms with E-state index in [1.165, 1.54) is 12.3 Å². The number of alkyl halides is 3. The average molecular weight is 603 g/mol. The number of carbonyl (C=O) groups is 1. The number of nitrogens with zero attached hydrogens (tertiary/aromatic N) is 3. The lowest BCUT2D eigenvalue weighted by Crippen LogP contribution is -2.52. The molecule has 0 radical (unpaired) electrons. The molecule has 1 aromatic heterocycles. The van der Waals surface area contributed by atoms with Gasteiger partial charge < -0.3 is 15.1 Å². The summed E-state index contributed by atoms with van der Waals surface area (Å²) in [6.07, 6.45) is -0.348. The van der Waals surface area contributed by atoms with Crippen molar-refractivity contribution in [2.75, 3.05) is 24.7 Å². The molecule has 1 saturated heterocycles. The molecule has 2 fully saturated rings. The summed E-state index contributed by atoms with van der Waals surface area (Å²) in [6.45, 7) is 4.68. The highest BCUT2D eigenvalue weighted by molar-refractivity contribution is 7.91. The number of rotatable bonds is 8. The zero-order valence-electron chi connectivity index (χ0n) is 24.0. The molecule has 0 bridgehead atoms. The minimum Gasteiger partial charge on any atom is -0.373 e. The van der Waals surface area contributed by atoms with Crippen LogP contribution in [0.5, 0.6) is 0 Å². The number of anilines is 1. The number of pyridine rings is 1. The summed E-state index contributed by atoms with van der Waals surface area (Å²) >= 11 is 0. The van der Waals surface area contributed by atoms with Gasteiger partial charge in [0.05, 0.1) is 21.7 Å². The minimum absolute atomic E-state index is 0.0544. The van der Waals surface area contributed by atoms with Crippen molar-refractivity contribution in [3.63, 3.8) is 0 Å². The topological polar surface area (TPSA) is 82.6 Å². The maximum absolute atomic E-state index is 13.8. The second kappa shape index (κ2) is 11.8. The molecule has 1 saturated carbocycles. The van der Waals surface area contributed by atoms with E-state index >= 15 is 0 Å². The van der Waals surface area contributed by atoms with Crippen molar-refractivity contribution in [1.29, 1.82) is 0 Å². The van der Waals surface area contributed by atoms with Crippen LogP contribution in [0.4, 0.5) is 18.9 Å². The van der Waals surface area contributed by atoms with Gasteiger partial charge in [0.15, 0.2) is 9.84 Å². The normalized spacial score (nSPS) is 23.7.